The number of amides is 6. The van der Waals surface area contributed by atoms with Gasteiger partial charge in [-0.25, -0.2) is 8.78 Å². The van der Waals surface area contributed by atoms with Crippen LogP contribution in [0.2, 0.25) is 0 Å². The maximum Gasteiger partial charge on any atom is 0.243 e. The van der Waals surface area contributed by atoms with Gasteiger partial charge in [0.1, 0.15) is 25.6 Å². The molecule has 1 saturated heterocycles. The average Bonchev–Trinajstić information content (AvgIpc) is 4.14. The highest BCUT2D eigenvalue weighted by Crippen LogP contribution is 2.72. The number of ether oxygens (including phenoxy) is 3. The van der Waals surface area contributed by atoms with Gasteiger partial charge < -0.3 is 50.8 Å². The molecule has 4 fully saturated rings. The molecule has 6 aliphatic rings. The molecular weight excluding hydrogens is 1030 g/mol. The molecule has 20 heteroatoms. The molecule has 0 spiro atoms. The lowest BCUT2D eigenvalue weighted by atomic mass is 9.44. The standard InChI is InChI=1S/C60H68F2N6O12/c1-4-12-55-79-49-28-41-42-27-44(61)43-26-40(69)23-24-57(43,2)59(42,62)47(70)29-58(41,3)60(49,80-55)48(71)34-78-35-66-52(74)31-65-56(77)45(25-36-13-6-5-7-14-36)67-53(75)32-64-51(73)30-63-50(72)21-22-54(76)68-33-39-17-9-8-15-37(39)19-20-38-16-10-11-18-46(38)68/h5-11,13-20,23-24,26,41-42,44-45,47,49,55,70H,4,12,21-22,25,27-35H2,1-3H3,(H,63,72)(H,64,73)(H,65,77)(H,66,74)(H,67,75)/b20-19-/t41-,42-,44-,45-,47-,49+,55?,57-,58-,59-,60+/m0/s1. The topological polar surface area (TPSA) is 248 Å². The Morgan fingerprint density at radius 2 is 1.48 bits per heavy atom. The third-order valence-corrected chi connectivity index (χ3v) is 17.1. The van der Waals surface area contributed by atoms with E-state index in [9.17, 15) is 43.5 Å². The summed E-state index contributed by atoms with van der Waals surface area (Å²) in [5.41, 5.74) is -2.81. The first-order chi connectivity index (χ1) is 38.3. The van der Waals surface area contributed by atoms with Crippen LogP contribution in [0.15, 0.2) is 103 Å². The average molecular weight is 1100 g/mol. The number of para-hydroxylation sites is 1. The number of halogens is 2. The third kappa shape index (κ3) is 11.1. The number of rotatable bonds is 20. The number of carbonyl (C=O) groups excluding carboxylic acids is 8. The van der Waals surface area contributed by atoms with Crippen molar-refractivity contribution in [1.82, 2.24) is 26.6 Å². The number of ketones is 2. The first-order valence-corrected chi connectivity index (χ1v) is 27.3. The Balaban J connectivity index is 0.740. The van der Waals surface area contributed by atoms with Crippen LogP contribution in [-0.2, 0) is 65.5 Å². The molecule has 6 amide bonds. The lowest BCUT2D eigenvalue weighted by molar-refractivity contribution is -0.235. The summed E-state index contributed by atoms with van der Waals surface area (Å²) in [6.07, 6.45) is 2.99. The fourth-order valence-corrected chi connectivity index (χ4v) is 13.2. The minimum atomic E-state index is -2.38. The monoisotopic (exact) mass is 1100 g/mol. The summed E-state index contributed by atoms with van der Waals surface area (Å²) >= 11 is 0. The Kier molecular flexibility index (Phi) is 17.1. The number of aliphatic hydroxyl groups is 1. The van der Waals surface area contributed by atoms with Gasteiger partial charge in [0, 0.05) is 36.0 Å². The van der Waals surface area contributed by atoms with Crippen LogP contribution in [0, 0.1) is 22.7 Å². The van der Waals surface area contributed by atoms with Crippen molar-refractivity contribution >= 4 is 64.8 Å². The summed E-state index contributed by atoms with van der Waals surface area (Å²) in [5, 5.41) is 24.4. The fourth-order valence-electron chi connectivity index (χ4n) is 13.2. The zero-order valence-corrected chi connectivity index (χ0v) is 45.0. The zero-order chi connectivity index (χ0) is 57.0. The highest BCUT2D eigenvalue weighted by atomic mass is 19.1. The minimum absolute atomic E-state index is 0.0145. The van der Waals surface area contributed by atoms with Crippen molar-refractivity contribution in [3.8, 4) is 0 Å². The summed E-state index contributed by atoms with van der Waals surface area (Å²) in [5.74, 6) is -6.47. The number of nitrogens with one attached hydrogen (secondary N) is 5. The summed E-state index contributed by atoms with van der Waals surface area (Å²) in [6, 6.07) is 22.8. The molecule has 11 atom stereocenters. The molecule has 0 bridgehead atoms. The van der Waals surface area contributed by atoms with E-state index in [1.807, 2.05) is 67.6 Å². The molecular formula is C60H68F2N6O12. The molecule has 2 aliphatic heterocycles. The molecule has 9 rings (SSSR count). The number of carbonyl (C=O) groups is 8. The van der Waals surface area contributed by atoms with Crippen LogP contribution in [0.1, 0.15) is 88.0 Å². The van der Waals surface area contributed by atoms with Crippen LogP contribution in [0.4, 0.5) is 14.5 Å². The van der Waals surface area contributed by atoms with E-state index in [-0.39, 0.29) is 50.0 Å². The van der Waals surface area contributed by atoms with Crippen molar-refractivity contribution < 1.29 is 66.5 Å². The number of fused-ring (bicyclic) bond motifs is 9. The van der Waals surface area contributed by atoms with Crippen molar-refractivity contribution in [2.75, 3.05) is 37.9 Å². The summed E-state index contributed by atoms with van der Waals surface area (Å²) < 4.78 is 52.6. The lowest BCUT2D eigenvalue weighted by Gasteiger charge is -2.63. The predicted molar refractivity (Wildman–Crippen MR) is 289 cm³/mol. The number of allylic oxidation sites excluding steroid dienone is 4. The molecule has 1 unspecified atom stereocenters. The number of anilines is 1. The summed E-state index contributed by atoms with van der Waals surface area (Å²) in [4.78, 5) is 107. The molecule has 3 saturated carbocycles. The van der Waals surface area contributed by atoms with Gasteiger partial charge in [-0.1, -0.05) is 111 Å². The molecule has 3 aromatic carbocycles. The van der Waals surface area contributed by atoms with Crippen molar-refractivity contribution in [1.29, 1.82) is 0 Å². The smallest absolute Gasteiger partial charge is 0.243 e. The van der Waals surface area contributed by atoms with Gasteiger partial charge >= 0.3 is 0 Å². The van der Waals surface area contributed by atoms with Crippen LogP contribution in [-0.4, -0.2) is 127 Å². The van der Waals surface area contributed by atoms with Crippen LogP contribution < -0.4 is 31.5 Å². The molecule has 3 aromatic rings. The van der Waals surface area contributed by atoms with E-state index in [0.29, 0.717) is 30.6 Å². The highest BCUT2D eigenvalue weighted by molar-refractivity contribution is 6.02. The van der Waals surface area contributed by atoms with Gasteiger partial charge in [0.25, 0.3) is 0 Å². The number of nitrogens with zero attached hydrogens (tertiary/aromatic N) is 1. The minimum Gasteiger partial charge on any atom is -0.390 e. The molecule has 4 aliphatic carbocycles. The molecule has 6 N–H and O–H groups in total. The van der Waals surface area contributed by atoms with Crippen molar-refractivity contribution in [2.45, 2.75) is 121 Å². The number of aliphatic hydroxyl groups excluding tert-OH is 1. The Morgan fingerprint density at radius 1 is 0.800 bits per heavy atom. The van der Waals surface area contributed by atoms with Gasteiger partial charge in [-0.2, -0.15) is 0 Å². The van der Waals surface area contributed by atoms with Gasteiger partial charge in [-0.3, -0.25) is 38.4 Å². The number of hydrogen-bond donors (Lipinski definition) is 6. The third-order valence-electron chi connectivity index (χ3n) is 17.1. The summed E-state index contributed by atoms with van der Waals surface area (Å²) in [7, 11) is 0. The van der Waals surface area contributed by atoms with E-state index in [1.54, 1.807) is 42.2 Å². The second-order valence-electron chi connectivity index (χ2n) is 22.0. The number of hydrogen-bond acceptors (Lipinski definition) is 12. The van der Waals surface area contributed by atoms with E-state index in [2.05, 4.69) is 26.6 Å². The zero-order valence-electron chi connectivity index (χ0n) is 45.0. The van der Waals surface area contributed by atoms with Gasteiger partial charge in [0.2, 0.25) is 35.4 Å². The van der Waals surface area contributed by atoms with E-state index < -0.39 is 139 Å². The second kappa shape index (κ2) is 23.8. The molecule has 0 aromatic heterocycles. The largest absolute Gasteiger partial charge is 0.390 e. The first kappa shape index (κ1) is 57.4. The van der Waals surface area contributed by atoms with Crippen LogP contribution >= 0.6 is 0 Å². The number of alkyl halides is 2. The van der Waals surface area contributed by atoms with E-state index >= 15 is 8.78 Å². The Hall–Kier alpha value is -7.26. The molecule has 80 heavy (non-hydrogen) atoms. The van der Waals surface area contributed by atoms with Gasteiger partial charge in [-0.15, -0.1) is 0 Å². The number of Topliss-reactive ketones (excluding diaryl/α,β-unsaturated/α-hetero) is 1. The van der Waals surface area contributed by atoms with Crippen LogP contribution in [0.25, 0.3) is 12.2 Å². The fraction of sp³-hybridized carbons (Fsp3) is 0.467. The molecule has 0 radical (unpaired) electrons. The highest BCUT2D eigenvalue weighted by Gasteiger charge is 2.80. The van der Waals surface area contributed by atoms with Crippen molar-refractivity contribution in [3.05, 3.63) is 125 Å². The van der Waals surface area contributed by atoms with E-state index in [0.717, 1.165) is 22.8 Å². The lowest BCUT2D eigenvalue weighted by Crippen LogP contribution is -2.71. The number of benzene rings is 3. The van der Waals surface area contributed by atoms with Gasteiger partial charge in [-0.05, 0) is 84.6 Å². The van der Waals surface area contributed by atoms with Gasteiger partial charge in [0.15, 0.2) is 29.1 Å². The second-order valence-corrected chi connectivity index (χ2v) is 22.0. The maximum absolute atomic E-state index is 17.9. The SMILES string of the molecule is CCCC1O[C@@H]2C[C@H]3[C@@H]4C[C@H](F)C5=CC(=O)C=C[C@]5(C)[C@@]4(F)[C@@H](O)C[C@]3(C)[C@]2(C(=O)COCNC(=O)CNC(=O)[C@H](Cc2ccccc2)NC(=O)CNC(=O)CNC(=O)CCC(=O)N2Cc3ccccc3/C=C\c3ccccc32)O1. The van der Waals surface area contributed by atoms with Crippen molar-refractivity contribution in [2.24, 2.45) is 22.7 Å². The maximum atomic E-state index is 17.9. The van der Waals surface area contributed by atoms with Gasteiger partial charge in [0.05, 0.1) is 44.1 Å². The Bertz CT molecular complexity index is 3010. The first-order valence-electron chi connectivity index (χ1n) is 27.3. The quantitative estimate of drug-likeness (QED) is 0.0680. The van der Waals surface area contributed by atoms with Crippen LogP contribution in [0.5, 0.6) is 0 Å². The Labute approximate surface area is 462 Å². The van der Waals surface area contributed by atoms with E-state index in [4.69, 9.17) is 14.2 Å². The Morgan fingerprint density at radius 3 is 2.25 bits per heavy atom. The normalized spacial score (nSPS) is 29.5. The molecule has 2 heterocycles. The van der Waals surface area contributed by atoms with E-state index in [1.165, 1.54) is 19.1 Å². The predicted octanol–water partition coefficient (Wildman–Crippen LogP) is 4.43. The van der Waals surface area contributed by atoms with Crippen molar-refractivity contribution in [3.63, 3.8) is 0 Å². The molecule has 18 nitrogen and oxygen atoms in total. The molecule has 424 valence electrons. The van der Waals surface area contributed by atoms with Crippen LogP contribution in [0.3, 0.4) is 0 Å². The summed E-state index contributed by atoms with van der Waals surface area (Å²) in [6.45, 7) is 2.81.